The second-order valence-corrected chi connectivity index (χ2v) is 12.8. The van der Waals surface area contributed by atoms with Crippen LogP contribution in [0.1, 0.15) is 65.3 Å². The number of nitrogens with two attached hydrogens (primary N) is 1. The summed E-state index contributed by atoms with van der Waals surface area (Å²) in [5.41, 5.74) is 6.50. The van der Waals surface area contributed by atoms with Crippen LogP contribution in [0.25, 0.3) is 0 Å². The third kappa shape index (κ3) is 13.3. The highest BCUT2D eigenvalue weighted by Gasteiger charge is 2.35. The Kier molecular flexibility index (Phi) is 16.2. The fourth-order valence-electron chi connectivity index (χ4n) is 4.57. The quantitative estimate of drug-likeness (QED) is 0.0954. The number of hydrogen-bond acceptors (Lipinski definition) is 9. The zero-order chi connectivity index (χ0) is 36.0. The standard InChI is InChI=1S/C32H42Br2N4O9/c1-4-26(41)47-18-21-9-7-20(8-10-21)16-25(40)24(6-5-12-36-32(35)45)37-29(42)23(19(2)3)17-22(39)11-14-46-15-13-38-30(43)27(33)28(34)31(38)44/h7-10,19,23-24H,4-6,11-18H2,1-3H3,(H,37,42)(H3,35,36,45)/t23-,24-/m0/s1/i4T/t4?,23-,24-. The molecule has 1 aromatic rings. The molecule has 47 heavy (non-hydrogen) atoms. The molecule has 258 valence electrons. The Morgan fingerprint density at radius 3 is 2.19 bits per heavy atom. The summed E-state index contributed by atoms with van der Waals surface area (Å²) >= 11 is 6.11. The number of benzene rings is 1. The van der Waals surface area contributed by atoms with Gasteiger partial charge in [0.2, 0.25) is 5.91 Å². The number of rotatable bonds is 21. The summed E-state index contributed by atoms with van der Waals surface area (Å²) in [5, 5.41) is 5.28. The van der Waals surface area contributed by atoms with E-state index in [2.05, 4.69) is 42.5 Å². The topological polar surface area (TPSA) is 191 Å². The number of carbonyl (C=O) groups excluding carboxylic acids is 7. The number of esters is 1. The van der Waals surface area contributed by atoms with Gasteiger partial charge in [-0.25, -0.2) is 4.79 Å². The zero-order valence-corrected chi connectivity index (χ0v) is 29.8. The summed E-state index contributed by atoms with van der Waals surface area (Å²) in [4.78, 5) is 87.5. The van der Waals surface area contributed by atoms with E-state index in [1.165, 1.54) is 6.92 Å². The third-order valence-electron chi connectivity index (χ3n) is 7.32. The number of nitrogens with one attached hydrogen (secondary N) is 2. The van der Waals surface area contributed by atoms with Crippen molar-refractivity contribution in [3.63, 3.8) is 0 Å². The first-order valence-corrected chi connectivity index (χ1v) is 16.7. The number of urea groups is 1. The second kappa shape index (κ2) is 20.1. The van der Waals surface area contributed by atoms with Gasteiger partial charge >= 0.3 is 12.0 Å². The Morgan fingerprint density at radius 1 is 1.00 bits per heavy atom. The minimum Gasteiger partial charge on any atom is -0.461 e. The minimum atomic E-state index is -0.989. The van der Waals surface area contributed by atoms with E-state index in [4.69, 9.17) is 16.6 Å². The van der Waals surface area contributed by atoms with Gasteiger partial charge in [-0.2, -0.15) is 0 Å². The predicted octanol–water partition coefficient (Wildman–Crippen LogP) is 3.19. The highest BCUT2D eigenvalue weighted by molar-refractivity contribution is 9.14. The van der Waals surface area contributed by atoms with Crippen molar-refractivity contribution >= 4 is 73.1 Å². The second-order valence-electron chi connectivity index (χ2n) is 11.2. The Labute approximate surface area is 292 Å². The van der Waals surface area contributed by atoms with Crippen LogP contribution in [-0.4, -0.2) is 78.5 Å². The molecule has 3 atom stereocenters. The molecule has 4 N–H and O–H groups in total. The summed E-state index contributed by atoms with van der Waals surface area (Å²) in [6.45, 7) is 5.32. The zero-order valence-electron chi connectivity index (χ0n) is 27.6. The molecule has 0 spiro atoms. The van der Waals surface area contributed by atoms with E-state index in [0.29, 0.717) is 17.5 Å². The lowest BCUT2D eigenvalue weighted by Gasteiger charge is -2.24. The molecule has 1 unspecified atom stereocenters. The van der Waals surface area contributed by atoms with E-state index in [-0.39, 0.29) is 85.0 Å². The van der Waals surface area contributed by atoms with E-state index in [9.17, 15) is 33.6 Å². The van der Waals surface area contributed by atoms with Crippen molar-refractivity contribution in [3.05, 3.63) is 44.4 Å². The molecule has 0 radical (unpaired) electrons. The van der Waals surface area contributed by atoms with Gasteiger partial charge in [0.05, 0.1) is 25.8 Å². The van der Waals surface area contributed by atoms with Crippen LogP contribution >= 0.6 is 31.9 Å². The molecular weight excluding hydrogens is 744 g/mol. The van der Waals surface area contributed by atoms with Gasteiger partial charge in [0.15, 0.2) is 5.78 Å². The summed E-state index contributed by atoms with van der Waals surface area (Å²) in [7, 11) is 0. The van der Waals surface area contributed by atoms with Crippen LogP contribution in [0.4, 0.5) is 4.79 Å². The molecule has 0 fully saturated rings. The maximum absolute atomic E-state index is 13.4. The van der Waals surface area contributed by atoms with Crippen LogP contribution in [0.15, 0.2) is 33.2 Å². The van der Waals surface area contributed by atoms with Gasteiger partial charge in [-0.3, -0.25) is 33.7 Å². The van der Waals surface area contributed by atoms with Gasteiger partial charge in [-0.15, -0.1) is 0 Å². The van der Waals surface area contributed by atoms with Crippen molar-refractivity contribution in [1.82, 2.24) is 15.5 Å². The highest BCUT2D eigenvalue weighted by Crippen LogP contribution is 2.29. The Hall–Kier alpha value is -3.43. The number of Topliss-reactive ketones (excluding diaryl/α,β-unsaturated/α-hetero) is 2. The average Bonchev–Trinajstić information content (AvgIpc) is 3.21. The van der Waals surface area contributed by atoms with Crippen molar-refractivity contribution in [2.45, 2.75) is 71.9 Å². The van der Waals surface area contributed by atoms with Gasteiger partial charge in [0, 0.05) is 39.5 Å². The summed E-state index contributed by atoms with van der Waals surface area (Å²) in [6.07, 6.45) is -0.464. The molecule has 1 aromatic carbocycles. The van der Waals surface area contributed by atoms with Gasteiger partial charge in [0.25, 0.3) is 11.8 Å². The fraction of sp³-hybridized carbons (Fsp3) is 0.531. The lowest BCUT2D eigenvalue weighted by Crippen LogP contribution is -2.46. The van der Waals surface area contributed by atoms with Crippen molar-refractivity contribution in [1.29, 1.82) is 0 Å². The lowest BCUT2D eigenvalue weighted by atomic mass is 9.88. The van der Waals surface area contributed by atoms with Gasteiger partial charge < -0.3 is 25.8 Å². The first-order chi connectivity index (χ1) is 22.6. The molecular formula is C32H42Br2N4O9. The average molecular weight is 789 g/mol. The Bertz CT molecular complexity index is 1360. The maximum atomic E-state index is 13.4. The molecule has 15 heteroatoms. The molecule has 1 heterocycles. The van der Waals surface area contributed by atoms with Crippen LogP contribution in [0.5, 0.6) is 0 Å². The minimum absolute atomic E-state index is 0.000772. The van der Waals surface area contributed by atoms with E-state index < -0.39 is 48.1 Å². The number of nitrogens with zero attached hydrogens (tertiary/aromatic N) is 1. The number of carbonyl (C=O) groups is 7. The normalized spacial score (nSPS) is 15.3. The number of ketones is 2. The van der Waals surface area contributed by atoms with Gasteiger partial charge in [0.1, 0.15) is 21.4 Å². The number of amides is 5. The molecule has 0 bridgehead atoms. The van der Waals surface area contributed by atoms with Crippen LogP contribution in [-0.2, 0) is 51.3 Å². The smallest absolute Gasteiger partial charge is 0.312 e. The van der Waals surface area contributed by atoms with Crippen molar-refractivity contribution < 1.29 is 44.4 Å². The number of primary amides is 1. The number of imide groups is 1. The molecule has 0 saturated carbocycles. The molecule has 5 amide bonds. The van der Waals surface area contributed by atoms with E-state index in [1.807, 2.05) is 0 Å². The van der Waals surface area contributed by atoms with Gasteiger partial charge in [-0.05, 0) is 61.7 Å². The first kappa shape index (κ1) is 38.0. The monoisotopic (exact) mass is 786 g/mol. The van der Waals surface area contributed by atoms with E-state index in [0.717, 1.165) is 4.90 Å². The largest absolute Gasteiger partial charge is 0.461 e. The third-order valence-corrected chi connectivity index (χ3v) is 9.33. The molecule has 1 aliphatic rings. The predicted molar refractivity (Wildman–Crippen MR) is 179 cm³/mol. The van der Waals surface area contributed by atoms with Crippen LogP contribution in [0.3, 0.4) is 0 Å². The Morgan fingerprint density at radius 2 is 1.62 bits per heavy atom. The molecule has 0 aliphatic carbocycles. The van der Waals surface area contributed by atoms with Crippen LogP contribution < -0.4 is 16.4 Å². The number of hydrogen-bond donors (Lipinski definition) is 3. The Balaban J connectivity index is 1.95. The number of halogens is 2. The lowest BCUT2D eigenvalue weighted by molar-refractivity contribution is -0.144. The highest BCUT2D eigenvalue weighted by atomic mass is 79.9. The molecule has 0 saturated heterocycles. The molecule has 1 aliphatic heterocycles. The fourth-order valence-corrected chi connectivity index (χ4v) is 5.34. The van der Waals surface area contributed by atoms with Crippen molar-refractivity contribution in [2.24, 2.45) is 17.6 Å². The molecule has 2 rings (SSSR count). The molecule has 0 aromatic heterocycles. The maximum Gasteiger partial charge on any atom is 0.312 e. The summed E-state index contributed by atoms with van der Waals surface area (Å²) in [6, 6.07) is 5.25. The van der Waals surface area contributed by atoms with Crippen molar-refractivity contribution in [3.8, 4) is 0 Å². The van der Waals surface area contributed by atoms with E-state index in [1.54, 1.807) is 38.1 Å². The SMILES string of the molecule is [3H]C(C)C(=O)OCc1ccc(CC(=O)[C@H](CCCNC(N)=O)NC(=O)[C@@H](CC(=O)CCOCCN2C(=O)C(Br)=C(Br)C2=O)C(C)C)cc1. The summed E-state index contributed by atoms with van der Waals surface area (Å²) < 4.78 is 18.2. The first-order valence-electron chi connectivity index (χ1n) is 15.7. The van der Waals surface area contributed by atoms with Crippen LogP contribution in [0.2, 0.25) is 0 Å². The van der Waals surface area contributed by atoms with Gasteiger partial charge in [-0.1, -0.05) is 45.0 Å². The van der Waals surface area contributed by atoms with Crippen molar-refractivity contribution in [2.75, 3.05) is 26.3 Å². The summed E-state index contributed by atoms with van der Waals surface area (Å²) in [5.74, 6) is -3.48. The van der Waals surface area contributed by atoms with Crippen LogP contribution in [0, 0.1) is 11.8 Å². The molecule has 13 nitrogen and oxygen atoms in total. The number of ether oxygens (including phenoxy) is 2. The van der Waals surface area contributed by atoms with E-state index >= 15 is 0 Å².